The Balaban J connectivity index is 1.29. The minimum atomic E-state index is -3.55. The molecule has 1 saturated heterocycles. The van der Waals surface area contributed by atoms with Crippen LogP contribution in [0, 0.1) is 0 Å². The number of carbonyl (C=O) groups is 1. The largest absolute Gasteiger partial charge is 0.339 e. The average Bonchev–Trinajstić information content (AvgIpc) is 3.26. The summed E-state index contributed by atoms with van der Waals surface area (Å²) in [5.74, 6) is 0.385. The lowest BCUT2D eigenvalue weighted by Crippen LogP contribution is -2.48. The number of fused-ring (bicyclic) bond motifs is 1. The van der Waals surface area contributed by atoms with Crippen molar-refractivity contribution in [2.45, 2.75) is 36.4 Å². The van der Waals surface area contributed by atoms with Gasteiger partial charge in [-0.05, 0) is 30.2 Å². The van der Waals surface area contributed by atoms with Gasteiger partial charge in [0.1, 0.15) is 0 Å². The van der Waals surface area contributed by atoms with E-state index in [0.29, 0.717) is 28.5 Å². The quantitative estimate of drug-likeness (QED) is 0.327. The normalized spacial score (nSPS) is 15.1. The monoisotopic (exact) mass is 501 g/mol. The van der Waals surface area contributed by atoms with Crippen LogP contribution in [-0.2, 0) is 21.4 Å². The number of rotatable bonds is 10. The van der Waals surface area contributed by atoms with E-state index in [4.69, 9.17) is 0 Å². The first kappa shape index (κ1) is 24.7. The van der Waals surface area contributed by atoms with Crippen LogP contribution >= 0.6 is 11.8 Å². The van der Waals surface area contributed by atoms with Gasteiger partial charge in [-0.15, -0.1) is 0 Å². The van der Waals surface area contributed by atoms with Crippen LogP contribution in [0.2, 0.25) is 0 Å². The Kier molecular flexibility index (Phi) is 8.25. The van der Waals surface area contributed by atoms with Gasteiger partial charge in [0.2, 0.25) is 15.9 Å². The molecule has 0 radical (unpaired) electrons. The molecule has 2 N–H and O–H groups in total. The van der Waals surface area contributed by atoms with Gasteiger partial charge < -0.3 is 9.88 Å². The Bertz CT molecular complexity index is 1210. The average molecular weight is 502 g/mol. The number of thioether (sulfide) groups is 1. The van der Waals surface area contributed by atoms with Gasteiger partial charge in [-0.3, -0.25) is 9.69 Å². The van der Waals surface area contributed by atoms with Gasteiger partial charge in [0.25, 0.3) is 0 Å². The number of unbranched alkanes of at least 4 members (excludes halogenated alkanes) is 1. The minimum Gasteiger partial charge on any atom is -0.339 e. The van der Waals surface area contributed by atoms with Crippen LogP contribution in [0.15, 0.2) is 58.6 Å². The molecule has 1 aliphatic heterocycles. The number of aromatic nitrogens is 2. The molecule has 0 aliphatic carbocycles. The Hall–Kier alpha value is -2.40. The second-order valence-electron chi connectivity index (χ2n) is 8.40. The summed E-state index contributed by atoms with van der Waals surface area (Å²) in [4.78, 5) is 24.9. The van der Waals surface area contributed by atoms with Gasteiger partial charge in [-0.1, -0.05) is 55.4 Å². The fraction of sp³-hybridized carbons (Fsp3) is 0.417. The number of hydrogen-bond acceptors (Lipinski definition) is 6. The number of imidazole rings is 1. The Labute approximate surface area is 205 Å². The molecule has 34 heavy (non-hydrogen) atoms. The maximum Gasteiger partial charge on any atom is 0.240 e. The maximum atomic E-state index is 12.7. The number of sulfonamides is 1. The number of nitrogens with one attached hydrogen (secondary N) is 2. The van der Waals surface area contributed by atoms with Crippen molar-refractivity contribution >= 4 is 38.7 Å². The van der Waals surface area contributed by atoms with Gasteiger partial charge in [0.05, 0.1) is 21.7 Å². The van der Waals surface area contributed by atoms with Crippen molar-refractivity contribution in [1.29, 1.82) is 0 Å². The van der Waals surface area contributed by atoms with E-state index < -0.39 is 10.0 Å². The molecule has 4 rings (SSSR count). The van der Waals surface area contributed by atoms with Crippen molar-refractivity contribution in [2.75, 3.05) is 38.5 Å². The fourth-order valence-corrected chi connectivity index (χ4v) is 5.77. The molecule has 1 aliphatic rings. The summed E-state index contributed by atoms with van der Waals surface area (Å²) in [6.45, 7) is 6.50. The minimum absolute atomic E-state index is 0.0909. The van der Waals surface area contributed by atoms with E-state index in [1.807, 2.05) is 17.9 Å². The summed E-state index contributed by atoms with van der Waals surface area (Å²) in [6.07, 6.45) is 1.72. The molecule has 0 bridgehead atoms. The van der Waals surface area contributed by atoms with E-state index in [9.17, 15) is 13.2 Å². The fourth-order valence-electron chi connectivity index (χ4n) is 3.89. The summed E-state index contributed by atoms with van der Waals surface area (Å²) in [5, 5.41) is 0.611. The predicted octanol–water partition coefficient (Wildman–Crippen LogP) is 3.08. The summed E-state index contributed by atoms with van der Waals surface area (Å²) in [7, 11) is -3.55. The molecule has 182 valence electrons. The van der Waals surface area contributed by atoms with Crippen LogP contribution < -0.4 is 4.72 Å². The number of benzene rings is 2. The van der Waals surface area contributed by atoms with Gasteiger partial charge in [0, 0.05) is 39.3 Å². The van der Waals surface area contributed by atoms with Gasteiger partial charge >= 0.3 is 0 Å². The van der Waals surface area contributed by atoms with Crippen molar-refractivity contribution in [2.24, 2.45) is 0 Å². The zero-order chi connectivity index (χ0) is 24.0. The van der Waals surface area contributed by atoms with Crippen molar-refractivity contribution in [3.05, 3.63) is 54.1 Å². The smallest absolute Gasteiger partial charge is 0.240 e. The maximum absolute atomic E-state index is 12.7. The molecule has 0 unspecified atom stereocenters. The lowest BCUT2D eigenvalue weighted by atomic mass is 10.2. The number of carbonyl (C=O) groups excluding carboxylic acids is 1. The highest BCUT2D eigenvalue weighted by Crippen LogP contribution is 2.23. The number of H-pyrrole nitrogens is 1. The third-order valence-electron chi connectivity index (χ3n) is 5.87. The van der Waals surface area contributed by atoms with Crippen LogP contribution in [0.1, 0.15) is 25.3 Å². The lowest BCUT2D eigenvalue weighted by molar-refractivity contribution is -0.130. The van der Waals surface area contributed by atoms with E-state index in [2.05, 4.69) is 43.9 Å². The summed E-state index contributed by atoms with van der Waals surface area (Å²) < 4.78 is 27.6. The molecule has 10 heteroatoms. The topological polar surface area (TPSA) is 98.4 Å². The van der Waals surface area contributed by atoms with E-state index >= 15 is 0 Å². The molecule has 2 heterocycles. The third-order valence-corrected chi connectivity index (χ3v) is 8.19. The molecule has 1 aromatic heterocycles. The molecule has 8 nitrogen and oxygen atoms in total. The molecule has 2 aromatic carbocycles. The molecule has 1 fully saturated rings. The molecule has 0 spiro atoms. The molecular weight excluding hydrogens is 470 g/mol. The predicted molar refractivity (Wildman–Crippen MR) is 135 cm³/mol. The highest BCUT2D eigenvalue weighted by Gasteiger charge is 2.22. The zero-order valence-electron chi connectivity index (χ0n) is 19.4. The molecular formula is C24H31N5O3S2. The SMILES string of the molecule is CCCCNS(=O)(=O)c1ccc2nc(SCC(=O)N3CCN(Cc4ccccc4)CC3)[nH]c2c1. The molecule has 0 atom stereocenters. The van der Waals surface area contributed by atoms with E-state index in [1.54, 1.807) is 18.2 Å². The van der Waals surface area contributed by atoms with Crippen molar-refractivity contribution in [3.8, 4) is 0 Å². The van der Waals surface area contributed by atoms with Crippen molar-refractivity contribution in [1.82, 2.24) is 24.5 Å². The van der Waals surface area contributed by atoms with E-state index in [1.165, 1.54) is 17.3 Å². The van der Waals surface area contributed by atoms with Crippen LogP contribution in [0.25, 0.3) is 11.0 Å². The number of amides is 1. The standard InChI is InChI=1S/C24H31N5O3S2/c1-2-3-11-25-34(31,32)20-9-10-21-22(16-20)27-24(26-21)33-18-23(30)29-14-12-28(13-15-29)17-19-7-5-4-6-8-19/h4-10,16,25H,2-3,11-15,17-18H2,1H3,(H,26,27). The first-order chi connectivity index (χ1) is 16.4. The van der Waals surface area contributed by atoms with Crippen molar-refractivity contribution in [3.63, 3.8) is 0 Å². The second-order valence-corrected chi connectivity index (χ2v) is 11.1. The van der Waals surface area contributed by atoms with Crippen LogP contribution in [-0.4, -0.2) is 72.6 Å². The van der Waals surface area contributed by atoms with Gasteiger partial charge in [-0.25, -0.2) is 18.1 Å². The first-order valence-electron chi connectivity index (χ1n) is 11.6. The van der Waals surface area contributed by atoms with Gasteiger partial charge in [0.15, 0.2) is 5.16 Å². The number of hydrogen-bond donors (Lipinski definition) is 2. The van der Waals surface area contributed by atoms with Crippen LogP contribution in [0.3, 0.4) is 0 Å². The Morgan fingerprint density at radius 1 is 1.12 bits per heavy atom. The highest BCUT2D eigenvalue weighted by atomic mass is 32.2. The molecule has 1 amide bonds. The first-order valence-corrected chi connectivity index (χ1v) is 14.1. The molecule has 3 aromatic rings. The lowest BCUT2D eigenvalue weighted by Gasteiger charge is -2.34. The van der Waals surface area contributed by atoms with Crippen molar-refractivity contribution < 1.29 is 13.2 Å². The Morgan fingerprint density at radius 3 is 2.62 bits per heavy atom. The number of aromatic amines is 1. The summed E-state index contributed by atoms with van der Waals surface area (Å²) in [5.41, 5.74) is 2.61. The second kappa shape index (κ2) is 11.4. The summed E-state index contributed by atoms with van der Waals surface area (Å²) in [6, 6.07) is 15.2. The van der Waals surface area contributed by atoms with E-state index in [0.717, 1.165) is 45.6 Å². The third kappa shape index (κ3) is 6.38. The van der Waals surface area contributed by atoms with E-state index in [-0.39, 0.29) is 10.8 Å². The number of piperazine rings is 1. The van der Waals surface area contributed by atoms with Gasteiger partial charge in [-0.2, -0.15) is 0 Å². The Morgan fingerprint density at radius 2 is 1.88 bits per heavy atom. The highest BCUT2D eigenvalue weighted by molar-refractivity contribution is 7.99. The summed E-state index contributed by atoms with van der Waals surface area (Å²) >= 11 is 1.34. The zero-order valence-corrected chi connectivity index (χ0v) is 21.0. The van der Waals surface area contributed by atoms with Crippen LogP contribution in [0.4, 0.5) is 0 Å². The number of nitrogens with zero attached hydrogens (tertiary/aromatic N) is 3. The van der Waals surface area contributed by atoms with Crippen LogP contribution in [0.5, 0.6) is 0 Å². The molecule has 0 saturated carbocycles.